The van der Waals surface area contributed by atoms with Crippen molar-refractivity contribution in [2.24, 2.45) is 0 Å². The van der Waals surface area contributed by atoms with Crippen molar-refractivity contribution in [1.82, 2.24) is 0 Å². The number of carbonyl (C=O) groups is 1. The Labute approximate surface area is 113 Å². The summed E-state index contributed by atoms with van der Waals surface area (Å²) in [5.74, 6) is 0.0892. The molecule has 19 heavy (non-hydrogen) atoms. The summed E-state index contributed by atoms with van der Waals surface area (Å²) in [6.45, 7) is 3.15. The van der Waals surface area contributed by atoms with E-state index in [2.05, 4.69) is 24.4 Å². The first-order chi connectivity index (χ1) is 9.24. The van der Waals surface area contributed by atoms with Crippen molar-refractivity contribution in [3.05, 3.63) is 35.9 Å². The second-order valence-corrected chi connectivity index (χ2v) is 5.00. The Kier molecular flexibility index (Phi) is 2.90. The Morgan fingerprint density at radius 1 is 1.21 bits per heavy atom. The number of unbranched alkanes of at least 4 members (excludes halogenated alkanes) is 1. The van der Waals surface area contributed by atoms with E-state index in [1.54, 1.807) is 4.90 Å². The van der Waals surface area contributed by atoms with Crippen LogP contribution in [0.15, 0.2) is 30.3 Å². The minimum atomic E-state index is 0.0892. The maximum absolute atomic E-state index is 12.2. The van der Waals surface area contributed by atoms with Gasteiger partial charge in [0.25, 0.3) is 5.91 Å². The van der Waals surface area contributed by atoms with E-state index in [9.17, 15) is 4.79 Å². The quantitative estimate of drug-likeness (QED) is 0.845. The Balaban J connectivity index is 2.11. The number of hydrogen-bond donors (Lipinski definition) is 1. The van der Waals surface area contributed by atoms with Gasteiger partial charge in [-0.05, 0) is 24.6 Å². The average molecular weight is 254 g/mol. The van der Waals surface area contributed by atoms with E-state index in [1.165, 1.54) is 6.42 Å². The molecule has 0 bridgehead atoms. The molecule has 3 rings (SSSR count). The van der Waals surface area contributed by atoms with E-state index in [-0.39, 0.29) is 5.91 Å². The molecule has 1 amide bonds. The van der Waals surface area contributed by atoms with Crippen LogP contribution < -0.4 is 10.2 Å². The van der Waals surface area contributed by atoms with Gasteiger partial charge in [-0.1, -0.05) is 25.5 Å². The van der Waals surface area contributed by atoms with Crippen LogP contribution in [0.1, 0.15) is 30.1 Å². The third-order valence-electron chi connectivity index (χ3n) is 3.76. The first-order valence-electron chi connectivity index (χ1n) is 6.81. The molecule has 0 atom stereocenters. The Hall–Kier alpha value is -2.03. The van der Waals surface area contributed by atoms with Crippen LogP contribution in [0.4, 0.5) is 11.4 Å². The highest BCUT2D eigenvalue weighted by molar-refractivity contribution is 6.26. The molecule has 1 aliphatic heterocycles. The van der Waals surface area contributed by atoms with Gasteiger partial charge in [0.05, 0.1) is 5.69 Å². The van der Waals surface area contributed by atoms with Crippen LogP contribution in [-0.4, -0.2) is 19.5 Å². The van der Waals surface area contributed by atoms with Crippen LogP contribution in [-0.2, 0) is 0 Å². The number of anilines is 2. The van der Waals surface area contributed by atoms with Crippen LogP contribution >= 0.6 is 0 Å². The predicted octanol–water partition coefficient (Wildman–Crippen LogP) is 3.64. The molecular formula is C16H18N2O. The molecule has 0 aliphatic carbocycles. The smallest absolute Gasteiger partial charge is 0.258 e. The summed E-state index contributed by atoms with van der Waals surface area (Å²) in [6, 6.07) is 10.1. The summed E-state index contributed by atoms with van der Waals surface area (Å²) in [5.41, 5.74) is 2.95. The van der Waals surface area contributed by atoms with Gasteiger partial charge in [0.15, 0.2) is 0 Å². The van der Waals surface area contributed by atoms with E-state index >= 15 is 0 Å². The van der Waals surface area contributed by atoms with E-state index in [0.717, 1.165) is 40.7 Å². The monoisotopic (exact) mass is 254 g/mol. The zero-order valence-corrected chi connectivity index (χ0v) is 11.4. The lowest BCUT2D eigenvalue weighted by Gasteiger charge is -2.12. The van der Waals surface area contributed by atoms with Crippen molar-refractivity contribution in [1.29, 1.82) is 0 Å². The van der Waals surface area contributed by atoms with Crippen molar-refractivity contribution in [3.8, 4) is 0 Å². The highest BCUT2D eigenvalue weighted by Gasteiger charge is 2.27. The third kappa shape index (κ3) is 1.77. The molecule has 1 heterocycles. The highest BCUT2D eigenvalue weighted by atomic mass is 16.2. The van der Waals surface area contributed by atoms with Crippen LogP contribution in [0.5, 0.6) is 0 Å². The topological polar surface area (TPSA) is 32.3 Å². The SMILES string of the molecule is CCCCNc1ccc2c3c(cccc13)C(=O)N2C. The van der Waals surface area contributed by atoms with Crippen molar-refractivity contribution < 1.29 is 4.79 Å². The molecule has 98 valence electrons. The van der Waals surface area contributed by atoms with Gasteiger partial charge >= 0.3 is 0 Å². The highest BCUT2D eigenvalue weighted by Crippen LogP contribution is 2.39. The maximum atomic E-state index is 12.2. The van der Waals surface area contributed by atoms with Crippen molar-refractivity contribution in [2.75, 3.05) is 23.8 Å². The zero-order chi connectivity index (χ0) is 13.4. The first-order valence-corrected chi connectivity index (χ1v) is 6.81. The van der Waals surface area contributed by atoms with E-state index in [1.807, 2.05) is 25.2 Å². The van der Waals surface area contributed by atoms with Gasteiger partial charge in [0, 0.05) is 35.6 Å². The molecule has 3 heteroatoms. The van der Waals surface area contributed by atoms with E-state index in [4.69, 9.17) is 0 Å². The van der Waals surface area contributed by atoms with Gasteiger partial charge in [0.2, 0.25) is 0 Å². The molecule has 1 aliphatic rings. The number of nitrogens with zero attached hydrogens (tertiary/aromatic N) is 1. The summed E-state index contributed by atoms with van der Waals surface area (Å²) in [7, 11) is 1.83. The molecule has 1 N–H and O–H groups in total. The van der Waals surface area contributed by atoms with Crippen molar-refractivity contribution >= 4 is 28.1 Å². The number of rotatable bonds is 4. The first kappa shape index (κ1) is 12.0. The van der Waals surface area contributed by atoms with Gasteiger partial charge in [-0.15, -0.1) is 0 Å². The minimum Gasteiger partial charge on any atom is -0.385 e. The van der Waals surface area contributed by atoms with Crippen LogP contribution in [0.2, 0.25) is 0 Å². The van der Waals surface area contributed by atoms with Crippen molar-refractivity contribution in [3.63, 3.8) is 0 Å². The van der Waals surface area contributed by atoms with Gasteiger partial charge in [0.1, 0.15) is 0 Å². The second-order valence-electron chi connectivity index (χ2n) is 5.00. The number of amides is 1. The largest absolute Gasteiger partial charge is 0.385 e. The molecule has 0 spiro atoms. The fourth-order valence-electron chi connectivity index (χ4n) is 2.69. The summed E-state index contributed by atoms with van der Waals surface area (Å²) in [6.07, 6.45) is 2.33. The summed E-state index contributed by atoms with van der Waals surface area (Å²) in [5, 5.41) is 5.69. The Bertz CT molecular complexity index is 648. The van der Waals surface area contributed by atoms with Gasteiger partial charge in [-0.2, -0.15) is 0 Å². The molecule has 0 aromatic heterocycles. The number of carbonyl (C=O) groups excluding carboxylic acids is 1. The second kappa shape index (κ2) is 4.57. The van der Waals surface area contributed by atoms with Gasteiger partial charge in [-0.3, -0.25) is 4.79 Å². The molecule has 0 fully saturated rings. The summed E-state index contributed by atoms with van der Waals surface area (Å²) >= 11 is 0. The van der Waals surface area contributed by atoms with Crippen LogP contribution in [0.25, 0.3) is 10.8 Å². The Morgan fingerprint density at radius 3 is 2.84 bits per heavy atom. The average Bonchev–Trinajstić information content (AvgIpc) is 2.68. The summed E-state index contributed by atoms with van der Waals surface area (Å²) < 4.78 is 0. The lowest BCUT2D eigenvalue weighted by atomic mass is 10.0. The lowest BCUT2D eigenvalue weighted by Crippen LogP contribution is -2.20. The standard InChI is InChI=1S/C16H18N2O/c1-3-4-10-17-13-8-9-14-15-11(13)6-5-7-12(15)16(19)18(14)2/h5-9,17H,3-4,10H2,1-2H3. The predicted molar refractivity (Wildman–Crippen MR) is 80.1 cm³/mol. The molecule has 3 nitrogen and oxygen atoms in total. The summed E-state index contributed by atoms with van der Waals surface area (Å²) in [4.78, 5) is 13.9. The lowest BCUT2D eigenvalue weighted by molar-refractivity contribution is 0.0999. The van der Waals surface area contributed by atoms with Gasteiger partial charge in [-0.25, -0.2) is 0 Å². The maximum Gasteiger partial charge on any atom is 0.258 e. The molecular weight excluding hydrogens is 236 g/mol. The van der Waals surface area contributed by atoms with Crippen LogP contribution in [0, 0.1) is 0 Å². The Morgan fingerprint density at radius 2 is 2.05 bits per heavy atom. The van der Waals surface area contributed by atoms with Crippen LogP contribution in [0.3, 0.4) is 0 Å². The van der Waals surface area contributed by atoms with E-state index < -0.39 is 0 Å². The fraction of sp³-hybridized carbons (Fsp3) is 0.312. The number of hydrogen-bond acceptors (Lipinski definition) is 2. The fourth-order valence-corrected chi connectivity index (χ4v) is 2.69. The minimum absolute atomic E-state index is 0.0892. The number of nitrogens with one attached hydrogen (secondary N) is 1. The zero-order valence-electron chi connectivity index (χ0n) is 11.4. The molecule has 0 saturated heterocycles. The molecule has 2 aromatic rings. The van der Waals surface area contributed by atoms with E-state index in [0.29, 0.717) is 0 Å². The van der Waals surface area contributed by atoms with Gasteiger partial charge < -0.3 is 10.2 Å². The normalized spacial score (nSPS) is 13.4. The number of benzene rings is 2. The third-order valence-corrected chi connectivity index (χ3v) is 3.76. The molecule has 0 saturated carbocycles. The van der Waals surface area contributed by atoms with Crippen molar-refractivity contribution in [2.45, 2.75) is 19.8 Å². The molecule has 2 aromatic carbocycles. The molecule has 0 radical (unpaired) electrons. The molecule has 0 unspecified atom stereocenters.